The van der Waals surface area contributed by atoms with Crippen LogP contribution in [0, 0.1) is 0 Å². The first-order chi connectivity index (χ1) is 12.1. The quantitative estimate of drug-likeness (QED) is 0.429. The summed E-state index contributed by atoms with van der Waals surface area (Å²) >= 11 is 7.55. The van der Waals surface area contributed by atoms with E-state index in [1.165, 1.54) is 0 Å². The van der Waals surface area contributed by atoms with E-state index < -0.39 is 5.97 Å². The van der Waals surface area contributed by atoms with Crippen molar-refractivity contribution in [1.82, 2.24) is 5.32 Å². The van der Waals surface area contributed by atoms with Gasteiger partial charge in [-0.2, -0.15) is 0 Å². The molecule has 0 heterocycles. The predicted molar refractivity (Wildman–Crippen MR) is 101 cm³/mol. The average molecular weight is 376 g/mol. The number of amides is 1. The van der Waals surface area contributed by atoms with Crippen LogP contribution >= 0.6 is 23.4 Å². The maximum atomic E-state index is 11.9. The largest absolute Gasteiger partial charge is 0.452 e. The van der Waals surface area contributed by atoms with Crippen molar-refractivity contribution in [1.29, 1.82) is 0 Å². The summed E-state index contributed by atoms with van der Waals surface area (Å²) in [6.07, 6.45) is 1.56. The summed E-state index contributed by atoms with van der Waals surface area (Å²) in [7, 11) is 0. The highest BCUT2D eigenvalue weighted by Gasteiger charge is 2.09. The van der Waals surface area contributed by atoms with Gasteiger partial charge in [-0.1, -0.05) is 29.8 Å². The lowest BCUT2D eigenvalue weighted by Crippen LogP contribution is -2.28. The number of benzene rings is 2. The second-order valence-electron chi connectivity index (χ2n) is 5.11. The molecule has 0 aliphatic rings. The molecule has 0 aliphatic carbocycles. The molecule has 0 radical (unpaired) electrons. The summed E-state index contributed by atoms with van der Waals surface area (Å²) in [5.74, 6) is -0.101. The fourth-order valence-electron chi connectivity index (χ4n) is 1.89. The summed E-state index contributed by atoms with van der Waals surface area (Å²) in [6, 6.07) is 14.8. The number of nitrogens with one attached hydrogen (secondary N) is 1. The molecule has 0 spiro atoms. The molecule has 0 aromatic heterocycles. The van der Waals surface area contributed by atoms with E-state index in [4.69, 9.17) is 16.3 Å². The fourth-order valence-corrected chi connectivity index (χ4v) is 2.87. The third-order valence-corrected chi connectivity index (χ3v) is 4.52. The van der Waals surface area contributed by atoms with E-state index in [9.17, 15) is 9.59 Å². The number of esters is 1. The number of rotatable bonds is 8. The highest BCUT2D eigenvalue weighted by atomic mass is 35.5. The van der Waals surface area contributed by atoms with Crippen molar-refractivity contribution in [3.8, 4) is 0 Å². The van der Waals surface area contributed by atoms with Crippen molar-refractivity contribution in [3.63, 3.8) is 0 Å². The molecule has 0 unspecified atom stereocenters. The van der Waals surface area contributed by atoms with Gasteiger partial charge in [0.2, 0.25) is 0 Å². The average Bonchev–Trinajstić information content (AvgIpc) is 2.64. The Bertz CT molecular complexity index is 729. The molecule has 0 saturated heterocycles. The zero-order chi connectivity index (χ0) is 18.1. The van der Waals surface area contributed by atoms with Crippen molar-refractivity contribution < 1.29 is 14.3 Å². The van der Waals surface area contributed by atoms with Crippen molar-refractivity contribution in [2.75, 3.05) is 13.2 Å². The SMILES string of the molecule is C=CCNC(=O)COC(=O)c1ccc(CSc2ccc(Cl)cc2)cc1. The number of hydrogen-bond donors (Lipinski definition) is 1. The van der Waals surface area contributed by atoms with Gasteiger partial charge in [0.15, 0.2) is 6.61 Å². The summed E-state index contributed by atoms with van der Waals surface area (Å²) in [6.45, 7) is 3.53. The topological polar surface area (TPSA) is 55.4 Å². The summed E-state index contributed by atoms with van der Waals surface area (Å²) in [4.78, 5) is 24.4. The Hall–Kier alpha value is -2.24. The first kappa shape index (κ1) is 19.1. The van der Waals surface area contributed by atoms with Crippen molar-refractivity contribution >= 4 is 35.2 Å². The molecular formula is C19H18ClNO3S. The lowest BCUT2D eigenvalue weighted by Gasteiger charge is -2.06. The lowest BCUT2D eigenvalue weighted by atomic mass is 10.1. The van der Waals surface area contributed by atoms with Gasteiger partial charge in [0.1, 0.15) is 0 Å². The van der Waals surface area contributed by atoms with Gasteiger partial charge in [-0.15, -0.1) is 18.3 Å². The third-order valence-electron chi connectivity index (χ3n) is 3.19. The normalized spacial score (nSPS) is 10.1. The molecular weight excluding hydrogens is 358 g/mol. The lowest BCUT2D eigenvalue weighted by molar-refractivity contribution is -0.124. The Morgan fingerprint density at radius 1 is 1.12 bits per heavy atom. The minimum absolute atomic E-state index is 0.305. The van der Waals surface area contributed by atoms with Gasteiger partial charge in [-0.25, -0.2) is 4.79 Å². The van der Waals surface area contributed by atoms with Gasteiger partial charge >= 0.3 is 5.97 Å². The molecule has 4 nitrogen and oxygen atoms in total. The molecule has 0 atom stereocenters. The maximum absolute atomic E-state index is 11.9. The fraction of sp³-hybridized carbons (Fsp3) is 0.158. The number of thioether (sulfide) groups is 1. The molecule has 130 valence electrons. The van der Waals surface area contributed by atoms with Crippen LogP contribution in [0.25, 0.3) is 0 Å². The number of carbonyl (C=O) groups excluding carboxylic acids is 2. The molecule has 0 fully saturated rings. The number of ether oxygens (including phenoxy) is 1. The molecule has 2 aromatic carbocycles. The van der Waals surface area contributed by atoms with Gasteiger partial charge in [-0.05, 0) is 42.0 Å². The molecule has 6 heteroatoms. The zero-order valence-electron chi connectivity index (χ0n) is 13.5. The summed E-state index contributed by atoms with van der Waals surface area (Å²) in [5, 5.41) is 3.25. The van der Waals surface area contributed by atoms with E-state index in [-0.39, 0.29) is 12.5 Å². The highest BCUT2D eigenvalue weighted by molar-refractivity contribution is 7.98. The molecule has 1 N–H and O–H groups in total. The Morgan fingerprint density at radius 3 is 2.44 bits per heavy atom. The van der Waals surface area contributed by atoms with E-state index in [0.717, 1.165) is 16.2 Å². The molecule has 0 saturated carbocycles. The van der Waals surface area contributed by atoms with Crippen LogP contribution in [0.5, 0.6) is 0 Å². The second kappa shape index (κ2) is 9.91. The monoisotopic (exact) mass is 375 g/mol. The summed E-state index contributed by atoms with van der Waals surface area (Å²) < 4.78 is 4.96. The molecule has 25 heavy (non-hydrogen) atoms. The number of halogens is 1. The first-order valence-corrected chi connectivity index (χ1v) is 8.97. The highest BCUT2D eigenvalue weighted by Crippen LogP contribution is 2.24. The van der Waals surface area contributed by atoms with Gasteiger partial charge in [-0.3, -0.25) is 4.79 Å². The second-order valence-corrected chi connectivity index (χ2v) is 6.59. The van der Waals surface area contributed by atoms with Crippen LogP contribution in [0.4, 0.5) is 0 Å². The number of hydrogen-bond acceptors (Lipinski definition) is 4. The first-order valence-electron chi connectivity index (χ1n) is 7.60. The van der Waals surface area contributed by atoms with Crippen molar-refractivity contribution in [2.24, 2.45) is 0 Å². The smallest absolute Gasteiger partial charge is 0.338 e. The van der Waals surface area contributed by atoms with Crippen LogP contribution in [0.2, 0.25) is 5.02 Å². The molecule has 2 aromatic rings. The van der Waals surface area contributed by atoms with E-state index >= 15 is 0 Å². The molecule has 0 bridgehead atoms. The van der Waals surface area contributed by atoms with Gasteiger partial charge in [0.05, 0.1) is 5.56 Å². The van der Waals surface area contributed by atoms with E-state index in [0.29, 0.717) is 17.1 Å². The maximum Gasteiger partial charge on any atom is 0.338 e. The van der Waals surface area contributed by atoms with Gasteiger partial charge < -0.3 is 10.1 Å². The van der Waals surface area contributed by atoms with Crippen LogP contribution in [-0.4, -0.2) is 25.0 Å². The number of carbonyl (C=O) groups is 2. The van der Waals surface area contributed by atoms with E-state index in [2.05, 4.69) is 11.9 Å². The van der Waals surface area contributed by atoms with E-state index in [1.54, 1.807) is 30.0 Å². The van der Waals surface area contributed by atoms with E-state index in [1.807, 2.05) is 36.4 Å². The minimum atomic E-state index is -0.523. The van der Waals surface area contributed by atoms with Crippen LogP contribution in [-0.2, 0) is 15.3 Å². The van der Waals surface area contributed by atoms with Crippen LogP contribution < -0.4 is 5.32 Å². The Morgan fingerprint density at radius 2 is 1.80 bits per heavy atom. The van der Waals surface area contributed by atoms with Gasteiger partial charge in [0.25, 0.3) is 5.91 Å². The molecule has 0 aliphatic heterocycles. The third kappa shape index (κ3) is 6.64. The summed E-state index contributed by atoms with van der Waals surface area (Å²) in [5.41, 5.74) is 1.50. The minimum Gasteiger partial charge on any atom is -0.452 e. The Balaban J connectivity index is 1.82. The van der Waals surface area contributed by atoms with Crippen molar-refractivity contribution in [2.45, 2.75) is 10.6 Å². The van der Waals surface area contributed by atoms with Crippen LogP contribution in [0.3, 0.4) is 0 Å². The standard InChI is InChI=1S/C19H18ClNO3S/c1-2-11-21-18(22)12-24-19(23)15-5-3-14(4-6-15)13-25-17-9-7-16(20)8-10-17/h2-10H,1,11-13H2,(H,21,22). The van der Waals surface area contributed by atoms with Crippen LogP contribution in [0.15, 0.2) is 66.1 Å². The predicted octanol–water partition coefficient (Wildman–Crippen LogP) is 4.09. The molecule has 2 rings (SSSR count). The van der Waals surface area contributed by atoms with Crippen molar-refractivity contribution in [3.05, 3.63) is 77.3 Å². The Labute approximate surface area is 156 Å². The molecule has 1 amide bonds. The van der Waals surface area contributed by atoms with Gasteiger partial charge in [0, 0.05) is 22.2 Å². The Kier molecular flexibility index (Phi) is 7.57. The zero-order valence-corrected chi connectivity index (χ0v) is 15.1. The van der Waals surface area contributed by atoms with Crippen LogP contribution in [0.1, 0.15) is 15.9 Å².